The van der Waals surface area contributed by atoms with Crippen molar-refractivity contribution >= 4 is 38.7 Å². The first-order valence-corrected chi connectivity index (χ1v) is 8.53. The highest BCUT2D eigenvalue weighted by molar-refractivity contribution is 7.90. The van der Waals surface area contributed by atoms with E-state index in [1.165, 1.54) is 0 Å². The molecule has 0 aliphatic heterocycles. The van der Waals surface area contributed by atoms with Gasteiger partial charge in [0.1, 0.15) is 26.3 Å². The number of sulfone groups is 1. The van der Waals surface area contributed by atoms with Gasteiger partial charge in [-0.15, -0.1) is 0 Å². The molecule has 0 saturated heterocycles. The summed E-state index contributed by atoms with van der Waals surface area (Å²) in [5.41, 5.74) is -0.932. The normalized spacial score (nSPS) is 14.1. The molecule has 0 radical (unpaired) electrons. The Kier molecular flexibility index (Phi) is 4.17. The van der Waals surface area contributed by atoms with Gasteiger partial charge in [0.2, 0.25) is 0 Å². The highest BCUT2D eigenvalue weighted by atomic mass is 35.5. The maximum Gasteiger partial charge on any atom is 0.190 e. The van der Waals surface area contributed by atoms with Gasteiger partial charge in [-0.25, -0.2) is 8.42 Å². The third-order valence-corrected chi connectivity index (χ3v) is 4.36. The second-order valence-electron chi connectivity index (χ2n) is 4.75. The van der Waals surface area contributed by atoms with Crippen molar-refractivity contribution in [1.29, 1.82) is 0 Å². The van der Waals surface area contributed by atoms with Crippen LogP contribution in [0.5, 0.6) is 11.5 Å². The van der Waals surface area contributed by atoms with Gasteiger partial charge in [0.05, 0.1) is 16.9 Å². The molecular formula is C13H12ClNO6S. The number of anilines is 1. The van der Waals surface area contributed by atoms with Gasteiger partial charge >= 0.3 is 0 Å². The fraction of sp³-hybridized carbons (Fsp3) is 0.231. The molecule has 0 spiro atoms. The smallest absolute Gasteiger partial charge is 0.190 e. The summed E-state index contributed by atoms with van der Waals surface area (Å²) < 4.78 is 22.2. The minimum atomic E-state index is -3.25. The molecule has 0 bridgehead atoms. The highest BCUT2D eigenvalue weighted by Crippen LogP contribution is 2.46. The van der Waals surface area contributed by atoms with E-state index in [9.17, 15) is 28.2 Å². The average Bonchev–Trinajstić information content (AvgIpc) is 2.41. The van der Waals surface area contributed by atoms with E-state index < -0.39 is 32.9 Å². The number of phenols is 2. The van der Waals surface area contributed by atoms with Crippen LogP contribution in [-0.4, -0.2) is 48.8 Å². The first-order chi connectivity index (χ1) is 10.1. The van der Waals surface area contributed by atoms with Crippen LogP contribution in [0.1, 0.15) is 20.7 Å². The number of nitrogens with one attached hydrogen (secondary N) is 1. The SMILES string of the molecule is CS(=O)(=O)CCNc1c(O)c2c(c(O)c1Cl)C(=O)C=CC2=O. The Labute approximate surface area is 131 Å². The molecule has 1 aromatic carbocycles. The van der Waals surface area contributed by atoms with Crippen molar-refractivity contribution in [3.8, 4) is 11.5 Å². The fourth-order valence-corrected chi connectivity index (χ4v) is 2.74. The zero-order chi connectivity index (χ0) is 16.7. The van der Waals surface area contributed by atoms with Crippen LogP contribution in [0, 0.1) is 0 Å². The molecule has 1 aliphatic rings. The second kappa shape index (κ2) is 5.62. The summed E-state index contributed by atoms with van der Waals surface area (Å²) in [5.74, 6) is -2.81. The number of carbonyl (C=O) groups is 2. The standard InChI is InChI=1S/C13H12ClNO6S/c1-22(20,21)5-4-15-11-10(14)12(18)8-6(16)2-3-7(17)9(8)13(11)19/h2-3,15,18-19H,4-5H2,1H3. The monoisotopic (exact) mass is 345 g/mol. The predicted octanol–water partition coefficient (Wildman–Crippen LogP) is 1.14. The summed E-state index contributed by atoms with van der Waals surface area (Å²) in [6.45, 7) is -0.0949. The summed E-state index contributed by atoms with van der Waals surface area (Å²) in [7, 11) is -3.25. The van der Waals surface area contributed by atoms with E-state index in [0.29, 0.717) is 0 Å². The third-order valence-electron chi connectivity index (χ3n) is 3.04. The molecule has 0 saturated carbocycles. The van der Waals surface area contributed by atoms with Crippen molar-refractivity contribution in [3.05, 3.63) is 28.3 Å². The Balaban J connectivity index is 2.50. The Hall–Kier alpha value is -2.06. The van der Waals surface area contributed by atoms with Crippen LogP contribution >= 0.6 is 11.6 Å². The molecule has 22 heavy (non-hydrogen) atoms. The van der Waals surface area contributed by atoms with Crippen LogP contribution in [0.4, 0.5) is 5.69 Å². The number of phenolic OH excluding ortho intramolecular Hbond substituents is 2. The van der Waals surface area contributed by atoms with Gasteiger partial charge in [-0.1, -0.05) is 11.6 Å². The summed E-state index contributed by atoms with van der Waals surface area (Å²) in [5, 5.41) is 22.3. The lowest BCUT2D eigenvalue weighted by atomic mass is 9.92. The zero-order valence-electron chi connectivity index (χ0n) is 11.4. The van der Waals surface area contributed by atoms with Crippen LogP contribution in [0.15, 0.2) is 12.2 Å². The Morgan fingerprint density at radius 3 is 2.09 bits per heavy atom. The molecule has 0 unspecified atom stereocenters. The van der Waals surface area contributed by atoms with Gasteiger partial charge < -0.3 is 15.5 Å². The molecule has 0 atom stereocenters. The topological polar surface area (TPSA) is 121 Å². The first kappa shape index (κ1) is 16.3. The minimum absolute atomic E-state index is 0.0949. The van der Waals surface area contributed by atoms with Crippen molar-refractivity contribution in [2.75, 3.05) is 23.9 Å². The number of fused-ring (bicyclic) bond motifs is 1. The number of allylic oxidation sites excluding steroid dienone is 2. The molecule has 9 heteroatoms. The van der Waals surface area contributed by atoms with Crippen LogP contribution in [0.2, 0.25) is 5.02 Å². The van der Waals surface area contributed by atoms with E-state index in [1.54, 1.807) is 0 Å². The predicted molar refractivity (Wildman–Crippen MR) is 80.8 cm³/mol. The fourth-order valence-electron chi connectivity index (χ4n) is 2.01. The van der Waals surface area contributed by atoms with E-state index in [1.807, 2.05) is 0 Å². The molecular weight excluding hydrogens is 334 g/mol. The van der Waals surface area contributed by atoms with E-state index in [-0.39, 0.29) is 34.1 Å². The lowest BCUT2D eigenvalue weighted by Crippen LogP contribution is -2.17. The quantitative estimate of drug-likeness (QED) is 0.552. The molecule has 0 aromatic heterocycles. The largest absolute Gasteiger partial charge is 0.505 e. The summed E-state index contributed by atoms with van der Waals surface area (Å²) in [4.78, 5) is 23.6. The van der Waals surface area contributed by atoms with E-state index in [2.05, 4.69) is 5.32 Å². The minimum Gasteiger partial charge on any atom is -0.505 e. The molecule has 1 aromatic rings. The van der Waals surface area contributed by atoms with Gasteiger partial charge in [0.15, 0.2) is 17.3 Å². The molecule has 2 rings (SSSR count). The number of hydrogen-bond donors (Lipinski definition) is 3. The number of rotatable bonds is 4. The summed E-state index contributed by atoms with van der Waals surface area (Å²) >= 11 is 5.89. The maximum absolute atomic E-state index is 11.8. The molecule has 118 valence electrons. The molecule has 1 aliphatic carbocycles. The Morgan fingerprint density at radius 2 is 1.59 bits per heavy atom. The number of carbonyl (C=O) groups excluding carboxylic acids is 2. The molecule has 3 N–H and O–H groups in total. The van der Waals surface area contributed by atoms with Crippen LogP contribution < -0.4 is 5.32 Å². The number of aromatic hydroxyl groups is 2. The number of halogens is 1. The maximum atomic E-state index is 11.8. The highest BCUT2D eigenvalue weighted by Gasteiger charge is 2.31. The second-order valence-corrected chi connectivity index (χ2v) is 7.39. The van der Waals surface area contributed by atoms with Crippen molar-refractivity contribution < 1.29 is 28.2 Å². The van der Waals surface area contributed by atoms with Crippen molar-refractivity contribution in [3.63, 3.8) is 0 Å². The van der Waals surface area contributed by atoms with Gasteiger partial charge in [-0.05, 0) is 12.2 Å². The number of hydrogen-bond acceptors (Lipinski definition) is 7. The van der Waals surface area contributed by atoms with Crippen molar-refractivity contribution in [2.24, 2.45) is 0 Å². The molecule has 7 nitrogen and oxygen atoms in total. The van der Waals surface area contributed by atoms with E-state index in [4.69, 9.17) is 11.6 Å². The van der Waals surface area contributed by atoms with Gasteiger partial charge in [-0.2, -0.15) is 0 Å². The lowest BCUT2D eigenvalue weighted by molar-refractivity contribution is 0.0989. The van der Waals surface area contributed by atoms with Gasteiger partial charge in [0, 0.05) is 12.8 Å². The average molecular weight is 346 g/mol. The zero-order valence-corrected chi connectivity index (χ0v) is 13.0. The van der Waals surface area contributed by atoms with Crippen molar-refractivity contribution in [1.82, 2.24) is 0 Å². The molecule has 0 amide bonds. The first-order valence-electron chi connectivity index (χ1n) is 6.09. The van der Waals surface area contributed by atoms with Crippen LogP contribution in [0.25, 0.3) is 0 Å². The molecule has 0 heterocycles. The number of ketones is 2. The lowest BCUT2D eigenvalue weighted by Gasteiger charge is -2.18. The van der Waals surface area contributed by atoms with Crippen molar-refractivity contribution in [2.45, 2.75) is 0 Å². The number of benzene rings is 1. The van der Waals surface area contributed by atoms with Crippen LogP contribution in [0.3, 0.4) is 0 Å². The van der Waals surface area contributed by atoms with Crippen LogP contribution in [-0.2, 0) is 9.84 Å². The van der Waals surface area contributed by atoms with Gasteiger partial charge in [0.25, 0.3) is 0 Å². The Bertz CT molecular complexity index is 813. The third kappa shape index (κ3) is 2.93. The summed E-state index contributed by atoms with van der Waals surface area (Å²) in [6.07, 6.45) is 2.97. The van der Waals surface area contributed by atoms with E-state index >= 15 is 0 Å². The summed E-state index contributed by atoms with van der Waals surface area (Å²) in [6, 6.07) is 0. The van der Waals surface area contributed by atoms with E-state index in [0.717, 1.165) is 18.4 Å². The van der Waals surface area contributed by atoms with Gasteiger partial charge in [-0.3, -0.25) is 9.59 Å². The molecule has 0 fully saturated rings. The Morgan fingerprint density at radius 1 is 1.09 bits per heavy atom.